The highest BCUT2D eigenvalue weighted by Gasteiger charge is 2.43. The molecule has 150 valence electrons. The summed E-state index contributed by atoms with van der Waals surface area (Å²) in [4.78, 5) is 10.7. The minimum atomic E-state index is -0.594. The highest BCUT2D eigenvalue weighted by atomic mass is 16.7. The Labute approximate surface area is 158 Å². The first-order chi connectivity index (χ1) is 13.0. The molecule has 3 atom stereocenters. The number of aliphatic imine (C=N–C) groups is 2. The van der Waals surface area contributed by atoms with Gasteiger partial charge in [-0.15, -0.1) is 0 Å². The molecular weight excluding hydrogens is 354 g/mol. The smallest absolute Gasteiger partial charge is 0.296 e. The van der Waals surface area contributed by atoms with Crippen molar-refractivity contribution in [3.8, 4) is 0 Å². The summed E-state index contributed by atoms with van der Waals surface area (Å²) in [6.07, 6.45) is 2.40. The topological polar surface area (TPSA) is 112 Å². The third-order valence-electron chi connectivity index (χ3n) is 4.84. The Morgan fingerprint density at radius 3 is 2.85 bits per heavy atom. The second kappa shape index (κ2) is 7.17. The number of amidine groups is 2. The van der Waals surface area contributed by atoms with Gasteiger partial charge in [0.1, 0.15) is 24.6 Å². The van der Waals surface area contributed by atoms with E-state index < -0.39 is 5.79 Å². The lowest BCUT2D eigenvalue weighted by atomic mass is 10.1. The molecule has 10 heteroatoms. The normalized spacial score (nSPS) is 32.6. The molecule has 0 spiro atoms. The number of nitrogens with one attached hydrogen (secondary N) is 1. The maximum Gasteiger partial charge on any atom is 0.296 e. The lowest BCUT2D eigenvalue weighted by molar-refractivity contribution is -0.142. The standard InChI is InChI=1S/C17H27N5O5/c1-17(2)26-9-10(27-17)8-25-15-20-13(18)12-14(21-15)22(16(19-12)23-3)11-6-4-5-7-24-11/h10-11,14H,4-9,18H2,1-3H3,(H,20,21). The SMILES string of the molecule is COC1=NC2=C(N)N=C(OCC3COC(C)(C)O3)NC2N1C1CCCCO1. The number of nitrogens with zero attached hydrogens (tertiary/aromatic N) is 3. The Morgan fingerprint density at radius 1 is 1.33 bits per heavy atom. The molecule has 0 aromatic carbocycles. The van der Waals surface area contributed by atoms with Crippen LogP contribution >= 0.6 is 0 Å². The molecule has 3 N–H and O–H groups in total. The van der Waals surface area contributed by atoms with Gasteiger partial charge in [0, 0.05) is 6.61 Å². The van der Waals surface area contributed by atoms with Gasteiger partial charge in [0.2, 0.25) is 0 Å². The van der Waals surface area contributed by atoms with Gasteiger partial charge in [0.15, 0.2) is 17.8 Å². The highest BCUT2D eigenvalue weighted by molar-refractivity contribution is 5.83. The van der Waals surface area contributed by atoms with Crippen molar-refractivity contribution in [2.75, 3.05) is 26.9 Å². The van der Waals surface area contributed by atoms with E-state index in [1.54, 1.807) is 7.11 Å². The molecule has 2 fully saturated rings. The Kier molecular flexibility index (Phi) is 4.87. The number of hydrogen-bond acceptors (Lipinski definition) is 10. The van der Waals surface area contributed by atoms with Crippen LogP contribution in [0, 0.1) is 0 Å². The average molecular weight is 381 g/mol. The second-order valence-corrected chi connectivity index (χ2v) is 7.32. The van der Waals surface area contributed by atoms with E-state index in [1.807, 2.05) is 18.7 Å². The summed E-state index contributed by atoms with van der Waals surface area (Å²) in [5.74, 6) is -0.297. The predicted molar refractivity (Wildman–Crippen MR) is 96.3 cm³/mol. The van der Waals surface area contributed by atoms with Crippen LogP contribution < -0.4 is 11.1 Å². The number of hydrogen-bond donors (Lipinski definition) is 2. The van der Waals surface area contributed by atoms with Gasteiger partial charge >= 0.3 is 0 Å². The molecule has 27 heavy (non-hydrogen) atoms. The first-order valence-electron chi connectivity index (χ1n) is 9.29. The minimum absolute atomic E-state index is 0.132. The fourth-order valence-corrected chi connectivity index (χ4v) is 3.59. The molecule has 0 bridgehead atoms. The molecule has 0 aromatic heterocycles. The zero-order valence-electron chi connectivity index (χ0n) is 15.9. The van der Waals surface area contributed by atoms with Crippen LogP contribution in [0.4, 0.5) is 0 Å². The van der Waals surface area contributed by atoms with Crippen molar-refractivity contribution in [1.29, 1.82) is 0 Å². The largest absolute Gasteiger partial charge is 0.468 e. The molecule has 4 aliphatic rings. The van der Waals surface area contributed by atoms with Crippen LogP contribution in [0.2, 0.25) is 0 Å². The maximum absolute atomic E-state index is 6.13. The van der Waals surface area contributed by atoms with E-state index in [4.69, 9.17) is 29.4 Å². The molecule has 4 heterocycles. The van der Waals surface area contributed by atoms with E-state index in [0.29, 0.717) is 43.4 Å². The monoisotopic (exact) mass is 381 g/mol. The van der Waals surface area contributed by atoms with Crippen LogP contribution in [0.5, 0.6) is 0 Å². The fourth-order valence-electron chi connectivity index (χ4n) is 3.59. The molecule has 0 aromatic rings. The molecule has 0 saturated carbocycles. The summed E-state index contributed by atoms with van der Waals surface area (Å²) in [6, 6.07) is 0.783. The average Bonchev–Trinajstić information content (AvgIpc) is 3.20. The fraction of sp³-hybridized carbons (Fsp3) is 0.765. The molecule has 3 unspecified atom stereocenters. The van der Waals surface area contributed by atoms with Crippen molar-refractivity contribution in [1.82, 2.24) is 10.2 Å². The number of fused-ring (bicyclic) bond motifs is 1. The molecule has 4 rings (SSSR count). The third-order valence-corrected chi connectivity index (χ3v) is 4.84. The number of methoxy groups -OCH3 is 1. The van der Waals surface area contributed by atoms with Crippen LogP contribution in [0.25, 0.3) is 0 Å². The summed E-state index contributed by atoms with van der Waals surface area (Å²) >= 11 is 0. The van der Waals surface area contributed by atoms with Gasteiger partial charge in [-0.05, 0) is 33.1 Å². The van der Waals surface area contributed by atoms with Gasteiger partial charge < -0.3 is 34.7 Å². The molecule has 4 aliphatic heterocycles. The molecule has 0 radical (unpaired) electrons. The summed E-state index contributed by atoms with van der Waals surface area (Å²) in [5.41, 5.74) is 6.74. The Hall–Kier alpha value is -2.04. The van der Waals surface area contributed by atoms with E-state index in [-0.39, 0.29) is 18.5 Å². The molecule has 0 aliphatic carbocycles. The van der Waals surface area contributed by atoms with Crippen molar-refractivity contribution in [2.24, 2.45) is 15.7 Å². The number of nitrogens with two attached hydrogens (primary N) is 1. The second-order valence-electron chi connectivity index (χ2n) is 7.32. The van der Waals surface area contributed by atoms with Gasteiger partial charge in [-0.25, -0.2) is 0 Å². The summed E-state index contributed by atoms with van der Waals surface area (Å²) < 4.78 is 28.5. The van der Waals surface area contributed by atoms with Crippen LogP contribution in [-0.2, 0) is 23.7 Å². The summed E-state index contributed by atoms with van der Waals surface area (Å²) in [7, 11) is 1.58. The molecule has 0 amide bonds. The minimum Gasteiger partial charge on any atom is -0.468 e. The van der Waals surface area contributed by atoms with E-state index in [9.17, 15) is 0 Å². The first-order valence-corrected chi connectivity index (χ1v) is 9.29. The maximum atomic E-state index is 6.13. The zero-order valence-corrected chi connectivity index (χ0v) is 15.9. The van der Waals surface area contributed by atoms with Gasteiger partial charge in [0.05, 0.1) is 13.7 Å². The van der Waals surface area contributed by atoms with Crippen molar-refractivity contribution >= 4 is 12.0 Å². The molecular formula is C17H27N5O5. The van der Waals surface area contributed by atoms with E-state index >= 15 is 0 Å². The van der Waals surface area contributed by atoms with Crippen molar-refractivity contribution < 1.29 is 23.7 Å². The van der Waals surface area contributed by atoms with E-state index in [0.717, 1.165) is 19.3 Å². The lowest BCUT2D eigenvalue weighted by Gasteiger charge is -2.37. The van der Waals surface area contributed by atoms with Gasteiger partial charge in [-0.3, -0.25) is 4.90 Å². The first kappa shape index (κ1) is 18.3. The highest BCUT2D eigenvalue weighted by Crippen LogP contribution is 2.30. The van der Waals surface area contributed by atoms with Crippen LogP contribution in [0.1, 0.15) is 33.1 Å². The molecule has 10 nitrogen and oxygen atoms in total. The van der Waals surface area contributed by atoms with Crippen LogP contribution in [-0.4, -0.2) is 68.2 Å². The quantitative estimate of drug-likeness (QED) is 0.723. The van der Waals surface area contributed by atoms with Crippen LogP contribution in [0.3, 0.4) is 0 Å². The van der Waals surface area contributed by atoms with E-state index in [2.05, 4.69) is 15.3 Å². The van der Waals surface area contributed by atoms with Crippen molar-refractivity contribution in [3.63, 3.8) is 0 Å². The Balaban J connectivity index is 1.46. The Bertz CT molecular complexity index is 671. The zero-order chi connectivity index (χ0) is 19.0. The molecule has 2 saturated heterocycles. The van der Waals surface area contributed by atoms with Crippen LogP contribution in [0.15, 0.2) is 21.5 Å². The predicted octanol–water partition coefficient (Wildman–Crippen LogP) is 0.412. The van der Waals surface area contributed by atoms with Gasteiger partial charge in [-0.2, -0.15) is 9.98 Å². The van der Waals surface area contributed by atoms with Gasteiger partial charge in [0.25, 0.3) is 12.0 Å². The summed E-state index contributed by atoms with van der Waals surface area (Å²) in [5, 5.41) is 3.25. The lowest BCUT2D eigenvalue weighted by Crippen LogP contribution is -2.56. The van der Waals surface area contributed by atoms with Crippen molar-refractivity contribution in [2.45, 2.75) is 57.4 Å². The number of ether oxygens (including phenoxy) is 5. The number of rotatable bonds is 3. The summed E-state index contributed by atoms with van der Waals surface area (Å²) in [6.45, 7) is 5.24. The van der Waals surface area contributed by atoms with Gasteiger partial charge in [-0.1, -0.05) is 0 Å². The van der Waals surface area contributed by atoms with E-state index in [1.165, 1.54) is 0 Å². The third kappa shape index (κ3) is 3.69. The Morgan fingerprint density at radius 2 is 2.19 bits per heavy atom. The van der Waals surface area contributed by atoms with Crippen molar-refractivity contribution in [3.05, 3.63) is 11.5 Å².